The molecule has 7 nitrogen and oxygen atoms in total. The lowest BCUT2D eigenvalue weighted by molar-refractivity contribution is -0.140. The molecule has 0 spiro atoms. The highest BCUT2D eigenvalue weighted by Crippen LogP contribution is 2.24. The summed E-state index contributed by atoms with van der Waals surface area (Å²) in [5, 5.41) is 3.29. The summed E-state index contributed by atoms with van der Waals surface area (Å²) >= 11 is 6.45. The summed E-state index contributed by atoms with van der Waals surface area (Å²) in [7, 11) is -3.82. The number of hydrogen-bond donors (Lipinski definition) is 1. The van der Waals surface area contributed by atoms with Gasteiger partial charge in [0.05, 0.1) is 11.9 Å². The van der Waals surface area contributed by atoms with E-state index in [-0.39, 0.29) is 24.8 Å². The summed E-state index contributed by atoms with van der Waals surface area (Å²) < 4.78 is 26.8. The minimum Gasteiger partial charge on any atom is -0.355 e. The second-order valence-corrected chi connectivity index (χ2v) is 12.0. The van der Waals surface area contributed by atoms with Crippen molar-refractivity contribution in [2.45, 2.75) is 45.7 Å². The molecule has 1 N–H and O–H groups in total. The second-order valence-electron chi connectivity index (χ2n) is 9.73. The van der Waals surface area contributed by atoms with Crippen molar-refractivity contribution in [1.82, 2.24) is 10.2 Å². The van der Waals surface area contributed by atoms with Crippen LogP contribution in [0.4, 0.5) is 5.69 Å². The molecule has 0 aromatic heterocycles. The monoisotopic (exact) mass is 569 g/mol. The van der Waals surface area contributed by atoms with Crippen LogP contribution in [0.15, 0.2) is 78.9 Å². The van der Waals surface area contributed by atoms with Gasteiger partial charge in [0.2, 0.25) is 21.8 Å². The largest absolute Gasteiger partial charge is 0.355 e. The van der Waals surface area contributed by atoms with Crippen LogP contribution in [0.5, 0.6) is 0 Å². The standard InChI is InChI=1S/C30H36ClN3O4S/c1-5-32-30(36)28(19-23-11-7-6-8-12-23)33(20-25-13-9-10-14-27(25)31)29(35)21-34(39(4,37)38)26-17-15-24(16-18-26)22(2)3/h6-18,22,28H,5,19-21H2,1-4H3,(H,32,36)/t28-/m0/s1. The fourth-order valence-corrected chi connectivity index (χ4v) is 5.34. The van der Waals surface area contributed by atoms with E-state index in [9.17, 15) is 18.0 Å². The lowest BCUT2D eigenvalue weighted by Crippen LogP contribution is -2.53. The summed E-state index contributed by atoms with van der Waals surface area (Å²) in [6.07, 6.45) is 1.32. The van der Waals surface area contributed by atoms with E-state index in [4.69, 9.17) is 11.6 Å². The highest BCUT2D eigenvalue weighted by Gasteiger charge is 2.33. The Hall–Kier alpha value is -3.36. The molecule has 0 heterocycles. The first kappa shape index (κ1) is 30.2. The molecule has 9 heteroatoms. The minimum atomic E-state index is -3.82. The number of sulfonamides is 1. The number of anilines is 1. The van der Waals surface area contributed by atoms with Crippen LogP contribution in [0.2, 0.25) is 5.02 Å². The molecule has 3 aromatic carbocycles. The molecule has 0 fully saturated rings. The summed E-state index contributed by atoms with van der Waals surface area (Å²) in [4.78, 5) is 28.8. The number of halogens is 1. The van der Waals surface area contributed by atoms with Gasteiger partial charge in [0.15, 0.2) is 0 Å². The number of benzene rings is 3. The Morgan fingerprint density at radius 2 is 1.54 bits per heavy atom. The normalized spacial score (nSPS) is 12.2. The summed E-state index contributed by atoms with van der Waals surface area (Å²) in [6, 6.07) is 22.7. The number of nitrogens with one attached hydrogen (secondary N) is 1. The van der Waals surface area contributed by atoms with Gasteiger partial charge in [-0.3, -0.25) is 13.9 Å². The number of carbonyl (C=O) groups excluding carboxylic acids is 2. The number of rotatable bonds is 12. The van der Waals surface area contributed by atoms with Crippen LogP contribution in [0.3, 0.4) is 0 Å². The predicted molar refractivity (Wildman–Crippen MR) is 157 cm³/mol. The molecule has 0 aliphatic carbocycles. The molecule has 2 amide bonds. The molecule has 0 unspecified atom stereocenters. The smallest absolute Gasteiger partial charge is 0.244 e. The van der Waals surface area contributed by atoms with Crippen LogP contribution in [0.25, 0.3) is 0 Å². The maximum absolute atomic E-state index is 14.0. The van der Waals surface area contributed by atoms with Gasteiger partial charge in [-0.2, -0.15) is 0 Å². The third-order valence-corrected chi connectivity index (χ3v) is 7.96. The van der Waals surface area contributed by atoms with Gasteiger partial charge in [-0.25, -0.2) is 8.42 Å². The maximum Gasteiger partial charge on any atom is 0.244 e. The number of nitrogens with zero attached hydrogens (tertiary/aromatic N) is 2. The molecule has 0 aliphatic rings. The maximum atomic E-state index is 14.0. The van der Waals surface area contributed by atoms with Gasteiger partial charge in [0.1, 0.15) is 12.6 Å². The van der Waals surface area contributed by atoms with E-state index in [1.165, 1.54) is 4.90 Å². The van der Waals surface area contributed by atoms with E-state index in [0.29, 0.717) is 22.8 Å². The van der Waals surface area contributed by atoms with Crippen molar-refractivity contribution in [3.8, 4) is 0 Å². The Labute approximate surface area is 236 Å². The number of amides is 2. The average Bonchev–Trinajstić information content (AvgIpc) is 2.90. The van der Waals surface area contributed by atoms with Crippen molar-refractivity contribution >= 4 is 39.1 Å². The van der Waals surface area contributed by atoms with Crippen molar-refractivity contribution in [3.05, 3.63) is 101 Å². The molecule has 208 valence electrons. The van der Waals surface area contributed by atoms with E-state index >= 15 is 0 Å². The molecular formula is C30H36ClN3O4S. The number of carbonyl (C=O) groups is 2. The highest BCUT2D eigenvalue weighted by atomic mass is 35.5. The van der Waals surface area contributed by atoms with Crippen molar-refractivity contribution < 1.29 is 18.0 Å². The minimum absolute atomic E-state index is 0.0387. The Morgan fingerprint density at radius 3 is 2.10 bits per heavy atom. The fraction of sp³-hybridized carbons (Fsp3) is 0.333. The van der Waals surface area contributed by atoms with Crippen LogP contribution >= 0.6 is 11.6 Å². The zero-order valence-corrected chi connectivity index (χ0v) is 24.4. The molecule has 3 rings (SSSR count). The predicted octanol–water partition coefficient (Wildman–Crippen LogP) is 5.01. The number of hydrogen-bond acceptors (Lipinski definition) is 4. The van der Waals surface area contributed by atoms with E-state index in [2.05, 4.69) is 5.32 Å². The second kappa shape index (κ2) is 13.6. The molecule has 0 saturated carbocycles. The SMILES string of the molecule is CCNC(=O)[C@H](Cc1ccccc1)N(Cc1ccccc1Cl)C(=O)CN(c1ccc(C(C)C)cc1)S(C)(=O)=O. The van der Waals surface area contributed by atoms with Gasteiger partial charge in [0, 0.05) is 24.5 Å². The van der Waals surface area contributed by atoms with E-state index in [0.717, 1.165) is 21.7 Å². The van der Waals surface area contributed by atoms with Crippen molar-refractivity contribution in [2.75, 3.05) is 23.7 Å². The first-order chi connectivity index (χ1) is 18.5. The first-order valence-corrected chi connectivity index (χ1v) is 15.2. The zero-order valence-electron chi connectivity index (χ0n) is 22.8. The summed E-state index contributed by atoms with van der Waals surface area (Å²) in [6.45, 7) is 5.87. The quantitative estimate of drug-likeness (QED) is 0.332. The van der Waals surface area contributed by atoms with Gasteiger partial charge in [-0.1, -0.05) is 86.1 Å². The lowest BCUT2D eigenvalue weighted by atomic mass is 10.0. The lowest BCUT2D eigenvalue weighted by Gasteiger charge is -2.33. The summed E-state index contributed by atoms with van der Waals surface area (Å²) in [5.74, 6) is -0.566. The Morgan fingerprint density at radius 1 is 0.923 bits per heavy atom. The third kappa shape index (κ3) is 8.31. The number of likely N-dealkylation sites (N-methyl/N-ethyl adjacent to an activating group) is 1. The van der Waals surface area contributed by atoms with Gasteiger partial charge in [-0.05, 0) is 47.7 Å². The van der Waals surface area contributed by atoms with Crippen LogP contribution in [0.1, 0.15) is 43.4 Å². The Balaban J connectivity index is 2.04. The summed E-state index contributed by atoms with van der Waals surface area (Å²) in [5.41, 5.74) is 2.96. The molecular weight excluding hydrogens is 534 g/mol. The topological polar surface area (TPSA) is 86.8 Å². The van der Waals surface area contributed by atoms with Gasteiger partial charge in [0.25, 0.3) is 0 Å². The van der Waals surface area contributed by atoms with Gasteiger partial charge < -0.3 is 10.2 Å². The molecule has 1 atom stereocenters. The first-order valence-electron chi connectivity index (χ1n) is 12.9. The van der Waals surface area contributed by atoms with Crippen molar-refractivity contribution in [2.24, 2.45) is 0 Å². The van der Waals surface area contributed by atoms with Gasteiger partial charge in [-0.15, -0.1) is 0 Å². The molecule has 0 radical (unpaired) electrons. The van der Waals surface area contributed by atoms with Crippen molar-refractivity contribution in [1.29, 1.82) is 0 Å². The van der Waals surface area contributed by atoms with Crippen LogP contribution in [0, 0.1) is 0 Å². The van der Waals surface area contributed by atoms with E-state index < -0.39 is 28.5 Å². The van der Waals surface area contributed by atoms with Crippen molar-refractivity contribution in [3.63, 3.8) is 0 Å². The molecule has 0 bridgehead atoms. The fourth-order valence-electron chi connectivity index (χ4n) is 4.30. The Kier molecular flexibility index (Phi) is 10.5. The highest BCUT2D eigenvalue weighted by molar-refractivity contribution is 7.92. The molecule has 3 aromatic rings. The average molecular weight is 570 g/mol. The zero-order chi connectivity index (χ0) is 28.6. The van der Waals surface area contributed by atoms with Crippen LogP contribution < -0.4 is 9.62 Å². The van der Waals surface area contributed by atoms with Gasteiger partial charge >= 0.3 is 0 Å². The molecule has 39 heavy (non-hydrogen) atoms. The van der Waals surface area contributed by atoms with Crippen LogP contribution in [-0.2, 0) is 32.6 Å². The molecule has 0 aliphatic heterocycles. The van der Waals surface area contributed by atoms with Crippen LogP contribution in [-0.4, -0.2) is 50.5 Å². The van der Waals surface area contributed by atoms with E-state index in [1.807, 2.05) is 63.2 Å². The van der Waals surface area contributed by atoms with E-state index in [1.54, 1.807) is 36.4 Å². The third-order valence-electron chi connectivity index (χ3n) is 6.45. The molecule has 0 saturated heterocycles. The Bertz CT molecular complexity index is 1360.